The number of pyridine rings is 1. The minimum atomic E-state index is -0.322. The molecule has 0 aliphatic heterocycles. The van der Waals surface area contributed by atoms with Crippen molar-refractivity contribution in [3.05, 3.63) is 58.2 Å². The number of benzene rings is 1. The standard InChI is InChI=1S/C15H16FNO2/c1-4-5-12-13(16)7-6-11-10(9-19-3)8-14(18)17(2)15(11)12/h4,6-8H,1,5,9H2,2-3H3. The molecule has 0 unspecified atom stereocenters. The van der Waals surface area contributed by atoms with Gasteiger partial charge in [-0.25, -0.2) is 4.39 Å². The summed E-state index contributed by atoms with van der Waals surface area (Å²) in [6.07, 6.45) is 2.01. The number of aryl methyl sites for hydroxylation is 1. The maximum absolute atomic E-state index is 13.9. The monoisotopic (exact) mass is 261 g/mol. The van der Waals surface area contributed by atoms with Crippen molar-refractivity contribution in [3.8, 4) is 0 Å². The lowest BCUT2D eigenvalue weighted by Gasteiger charge is -2.13. The van der Waals surface area contributed by atoms with Crippen LogP contribution in [-0.2, 0) is 24.8 Å². The van der Waals surface area contributed by atoms with Gasteiger partial charge in [-0.1, -0.05) is 6.08 Å². The smallest absolute Gasteiger partial charge is 0.251 e. The van der Waals surface area contributed by atoms with Gasteiger partial charge in [-0.05, 0) is 24.1 Å². The molecule has 1 heterocycles. The van der Waals surface area contributed by atoms with Crippen LogP contribution in [0.4, 0.5) is 4.39 Å². The fourth-order valence-electron chi connectivity index (χ4n) is 2.30. The average Bonchev–Trinajstić information content (AvgIpc) is 2.38. The second-order valence-corrected chi connectivity index (χ2v) is 4.41. The summed E-state index contributed by atoms with van der Waals surface area (Å²) in [5, 5.41) is 0.835. The van der Waals surface area contributed by atoms with Crippen LogP contribution >= 0.6 is 0 Å². The summed E-state index contributed by atoms with van der Waals surface area (Å²) in [5.41, 5.74) is 1.70. The quantitative estimate of drug-likeness (QED) is 0.792. The summed E-state index contributed by atoms with van der Waals surface area (Å²) in [7, 11) is 3.21. The van der Waals surface area contributed by atoms with Crippen LogP contribution in [0.25, 0.3) is 10.9 Å². The van der Waals surface area contributed by atoms with Crippen molar-refractivity contribution in [2.24, 2.45) is 7.05 Å². The highest BCUT2D eigenvalue weighted by Crippen LogP contribution is 2.24. The Morgan fingerprint density at radius 2 is 2.21 bits per heavy atom. The van der Waals surface area contributed by atoms with Crippen molar-refractivity contribution in [2.75, 3.05) is 7.11 Å². The molecule has 100 valence electrons. The summed E-state index contributed by atoms with van der Waals surface area (Å²) in [6, 6.07) is 4.64. The van der Waals surface area contributed by atoms with Crippen LogP contribution in [0.5, 0.6) is 0 Å². The molecule has 0 saturated carbocycles. The van der Waals surface area contributed by atoms with Gasteiger partial charge < -0.3 is 9.30 Å². The number of ether oxygens (including phenoxy) is 1. The Morgan fingerprint density at radius 3 is 2.84 bits per heavy atom. The predicted molar refractivity (Wildman–Crippen MR) is 73.8 cm³/mol. The van der Waals surface area contributed by atoms with Gasteiger partial charge in [0.25, 0.3) is 5.56 Å². The highest BCUT2D eigenvalue weighted by molar-refractivity contribution is 5.85. The molecule has 1 aromatic heterocycles. The molecule has 2 rings (SSSR count). The van der Waals surface area contributed by atoms with Crippen LogP contribution in [0.3, 0.4) is 0 Å². The first-order valence-corrected chi connectivity index (χ1v) is 6.00. The van der Waals surface area contributed by atoms with Crippen LogP contribution in [-0.4, -0.2) is 11.7 Å². The lowest BCUT2D eigenvalue weighted by atomic mass is 10.0. The maximum Gasteiger partial charge on any atom is 0.251 e. The van der Waals surface area contributed by atoms with E-state index >= 15 is 0 Å². The van der Waals surface area contributed by atoms with Crippen molar-refractivity contribution in [3.63, 3.8) is 0 Å². The highest BCUT2D eigenvalue weighted by atomic mass is 19.1. The Labute approximate surface area is 110 Å². The number of halogens is 1. The third-order valence-electron chi connectivity index (χ3n) is 3.18. The van der Waals surface area contributed by atoms with E-state index in [1.807, 2.05) is 0 Å². The normalized spacial score (nSPS) is 10.9. The molecule has 0 saturated heterocycles. The van der Waals surface area contributed by atoms with Crippen molar-refractivity contribution in [1.29, 1.82) is 0 Å². The number of allylic oxidation sites excluding steroid dienone is 1. The van der Waals surface area contributed by atoms with Crippen molar-refractivity contribution < 1.29 is 9.13 Å². The van der Waals surface area contributed by atoms with Gasteiger partial charge in [-0.15, -0.1) is 6.58 Å². The van der Waals surface area contributed by atoms with E-state index in [0.29, 0.717) is 24.1 Å². The minimum absolute atomic E-state index is 0.171. The molecule has 3 nitrogen and oxygen atoms in total. The molecule has 0 bridgehead atoms. The van der Waals surface area contributed by atoms with E-state index in [1.165, 1.54) is 16.7 Å². The summed E-state index contributed by atoms with van der Waals surface area (Å²) >= 11 is 0. The number of fused-ring (bicyclic) bond motifs is 1. The second kappa shape index (κ2) is 5.36. The third-order valence-corrected chi connectivity index (χ3v) is 3.18. The lowest BCUT2D eigenvalue weighted by molar-refractivity contribution is 0.186. The summed E-state index contributed by atoms with van der Waals surface area (Å²) in [6.45, 7) is 3.96. The van der Waals surface area contributed by atoms with Gasteiger partial charge >= 0.3 is 0 Å². The lowest BCUT2D eigenvalue weighted by Crippen LogP contribution is -2.19. The van der Waals surface area contributed by atoms with E-state index in [1.54, 1.807) is 26.3 Å². The maximum atomic E-state index is 13.9. The van der Waals surface area contributed by atoms with E-state index in [2.05, 4.69) is 6.58 Å². The Kier molecular flexibility index (Phi) is 3.81. The summed E-state index contributed by atoms with van der Waals surface area (Å²) in [5.74, 6) is -0.322. The largest absolute Gasteiger partial charge is 0.380 e. The molecule has 0 aliphatic rings. The summed E-state index contributed by atoms with van der Waals surface area (Å²) < 4.78 is 20.5. The first kappa shape index (κ1) is 13.5. The van der Waals surface area contributed by atoms with Crippen LogP contribution in [0.15, 0.2) is 35.6 Å². The zero-order chi connectivity index (χ0) is 14.0. The van der Waals surface area contributed by atoms with Gasteiger partial charge in [0.05, 0.1) is 12.1 Å². The SMILES string of the molecule is C=CCc1c(F)ccc2c(COC)cc(=O)n(C)c12. The van der Waals surface area contributed by atoms with Crippen molar-refractivity contribution in [1.82, 2.24) is 4.57 Å². The topological polar surface area (TPSA) is 31.2 Å². The Morgan fingerprint density at radius 1 is 1.47 bits per heavy atom. The minimum Gasteiger partial charge on any atom is -0.380 e. The van der Waals surface area contributed by atoms with E-state index in [0.717, 1.165) is 10.9 Å². The van der Waals surface area contributed by atoms with Crippen molar-refractivity contribution >= 4 is 10.9 Å². The molecule has 0 spiro atoms. The molecule has 2 aromatic rings. The molecule has 0 N–H and O–H groups in total. The van der Waals surface area contributed by atoms with Crippen LogP contribution in [0, 0.1) is 5.82 Å². The number of nitrogens with zero attached hydrogens (tertiary/aromatic N) is 1. The van der Waals surface area contributed by atoms with E-state index in [9.17, 15) is 9.18 Å². The predicted octanol–water partition coefficient (Wildman–Crippen LogP) is 2.55. The van der Waals surface area contributed by atoms with Gasteiger partial charge in [0.15, 0.2) is 0 Å². The average molecular weight is 261 g/mol. The van der Waals surface area contributed by atoms with Crippen LogP contribution < -0.4 is 5.56 Å². The molecule has 1 aromatic carbocycles. The van der Waals surface area contributed by atoms with Gasteiger partial charge in [0, 0.05) is 31.2 Å². The summed E-state index contributed by atoms with van der Waals surface area (Å²) in [4.78, 5) is 12.0. The van der Waals surface area contributed by atoms with E-state index < -0.39 is 0 Å². The van der Waals surface area contributed by atoms with Crippen LogP contribution in [0.2, 0.25) is 0 Å². The Balaban J connectivity index is 2.91. The molecule has 4 heteroatoms. The molecular formula is C15H16FNO2. The second-order valence-electron chi connectivity index (χ2n) is 4.41. The first-order valence-electron chi connectivity index (χ1n) is 6.00. The molecule has 0 fully saturated rings. The Hall–Kier alpha value is -1.94. The van der Waals surface area contributed by atoms with Crippen LogP contribution in [0.1, 0.15) is 11.1 Å². The molecule has 0 aliphatic carbocycles. The fourth-order valence-corrected chi connectivity index (χ4v) is 2.30. The number of methoxy groups -OCH3 is 1. The molecular weight excluding hydrogens is 245 g/mol. The number of rotatable bonds is 4. The van der Waals surface area contributed by atoms with E-state index in [-0.39, 0.29) is 11.4 Å². The van der Waals surface area contributed by atoms with Gasteiger partial charge in [-0.2, -0.15) is 0 Å². The van der Waals surface area contributed by atoms with Gasteiger partial charge in [0.2, 0.25) is 0 Å². The van der Waals surface area contributed by atoms with Gasteiger partial charge in [-0.3, -0.25) is 4.79 Å². The number of hydrogen-bond acceptors (Lipinski definition) is 2. The van der Waals surface area contributed by atoms with Gasteiger partial charge in [0.1, 0.15) is 5.82 Å². The van der Waals surface area contributed by atoms with E-state index in [4.69, 9.17) is 4.74 Å². The molecule has 0 amide bonds. The zero-order valence-corrected chi connectivity index (χ0v) is 11.1. The molecule has 19 heavy (non-hydrogen) atoms. The molecule has 0 radical (unpaired) electrons. The third kappa shape index (κ3) is 2.31. The fraction of sp³-hybridized carbons (Fsp3) is 0.267. The first-order chi connectivity index (χ1) is 9.10. The molecule has 0 atom stereocenters. The number of aromatic nitrogens is 1. The zero-order valence-electron chi connectivity index (χ0n) is 11.1. The highest BCUT2D eigenvalue weighted by Gasteiger charge is 2.13. The number of hydrogen-bond donors (Lipinski definition) is 0. The Bertz CT molecular complexity index is 689. The van der Waals surface area contributed by atoms with Crippen molar-refractivity contribution in [2.45, 2.75) is 13.0 Å².